The Balaban J connectivity index is 1.59. The molecule has 0 saturated carbocycles. The molecule has 5 rings (SSSR count). The van der Waals surface area contributed by atoms with E-state index in [0.29, 0.717) is 30.2 Å². The van der Waals surface area contributed by atoms with Crippen LogP contribution in [-0.2, 0) is 7.05 Å². The van der Waals surface area contributed by atoms with E-state index in [2.05, 4.69) is 20.3 Å². The van der Waals surface area contributed by atoms with Crippen molar-refractivity contribution < 1.29 is 4.39 Å². The van der Waals surface area contributed by atoms with Gasteiger partial charge in [-0.15, -0.1) is 0 Å². The molecule has 0 bridgehead atoms. The number of fused-ring (bicyclic) bond motifs is 2. The van der Waals surface area contributed by atoms with Gasteiger partial charge in [-0.25, -0.2) is 14.2 Å². The van der Waals surface area contributed by atoms with Crippen LogP contribution in [0.15, 0.2) is 41.5 Å². The topological polar surface area (TPSA) is 80.9 Å². The van der Waals surface area contributed by atoms with Crippen molar-refractivity contribution in [3.05, 3.63) is 52.7 Å². The SMILES string of the molecule is Cc1cc2ncccc2cc1Nc1ncc2c(n1)n([C@@H]1CN(C)C[C@H]1F)c(=O)n2C. The summed E-state index contributed by atoms with van der Waals surface area (Å²) in [5, 5.41) is 4.24. The Morgan fingerprint density at radius 2 is 2.03 bits per heavy atom. The Bertz CT molecular complexity index is 1330. The lowest BCUT2D eigenvalue weighted by molar-refractivity contribution is 0.277. The second-order valence-corrected chi connectivity index (χ2v) is 7.91. The van der Waals surface area contributed by atoms with E-state index in [1.807, 2.05) is 43.1 Å². The van der Waals surface area contributed by atoms with E-state index in [1.54, 1.807) is 19.4 Å². The summed E-state index contributed by atoms with van der Waals surface area (Å²) in [6, 6.07) is 7.30. The molecule has 8 nitrogen and oxygen atoms in total. The van der Waals surface area contributed by atoms with Crippen LogP contribution in [-0.4, -0.2) is 55.3 Å². The lowest BCUT2D eigenvalue weighted by atomic mass is 10.1. The quantitative estimate of drug-likeness (QED) is 0.562. The molecule has 1 aromatic carbocycles. The Labute approximate surface area is 172 Å². The Morgan fingerprint density at radius 1 is 1.20 bits per heavy atom. The van der Waals surface area contributed by atoms with Crippen molar-refractivity contribution in [2.24, 2.45) is 7.05 Å². The fourth-order valence-corrected chi connectivity index (χ4v) is 4.15. The van der Waals surface area contributed by atoms with E-state index in [-0.39, 0.29) is 5.69 Å². The average molecular weight is 407 g/mol. The standard InChI is InChI=1S/C21H22FN7O/c1-12-7-16-13(5-4-6-23-16)8-15(12)25-20-24-9-17-19(26-20)29(21(30)28(17)3)18-11-27(2)10-14(18)22/h4-9,14,18H,10-11H2,1-3H3,(H,24,25,26)/t14-,18-/m1/s1. The fraction of sp³-hybridized carbons (Fsp3) is 0.333. The molecule has 2 atom stereocenters. The highest BCUT2D eigenvalue weighted by molar-refractivity contribution is 5.85. The highest BCUT2D eigenvalue weighted by Gasteiger charge is 2.35. The van der Waals surface area contributed by atoms with Crippen molar-refractivity contribution in [1.29, 1.82) is 0 Å². The molecule has 1 saturated heterocycles. The molecule has 0 spiro atoms. The number of alkyl halides is 1. The largest absolute Gasteiger partial charge is 0.330 e. The first-order valence-electron chi connectivity index (χ1n) is 9.81. The third-order valence-electron chi connectivity index (χ3n) is 5.76. The number of aromatic nitrogens is 5. The van der Waals surface area contributed by atoms with E-state index >= 15 is 0 Å². The van der Waals surface area contributed by atoms with E-state index in [4.69, 9.17) is 0 Å². The maximum absolute atomic E-state index is 14.6. The summed E-state index contributed by atoms with van der Waals surface area (Å²) >= 11 is 0. The highest BCUT2D eigenvalue weighted by Crippen LogP contribution is 2.28. The molecule has 4 aromatic rings. The molecular weight excluding hydrogens is 385 g/mol. The van der Waals surface area contributed by atoms with Gasteiger partial charge in [0.2, 0.25) is 5.95 Å². The molecule has 0 amide bonds. The zero-order valence-corrected chi connectivity index (χ0v) is 17.0. The van der Waals surface area contributed by atoms with Gasteiger partial charge in [0.15, 0.2) is 5.65 Å². The first-order valence-corrected chi connectivity index (χ1v) is 9.81. The first kappa shape index (κ1) is 18.7. The van der Waals surface area contributed by atoms with Crippen LogP contribution in [0.2, 0.25) is 0 Å². The summed E-state index contributed by atoms with van der Waals surface area (Å²) in [5.74, 6) is 0.356. The van der Waals surface area contributed by atoms with Crippen molar-refractivity contribution in [2.75, 3.05) is 25.5 Å². The number of benzene rings is 1. The van der Waals surface area contributed by atoms with E-state index in [1.165, 1.54) is 9.13 Å². The molecule has 1 aliphatic heterocycles. The van der Waals surface area contributed by atoms with E-state index < -0.39 is 12.2 Å². The van der Waals surface area contributed by atoms with Crippen LogP contribution in [0.4, 0.5) is 16.0 Å². The van der Waals surface area contributed by atoms with Crippen LogP contribution in [0.1, 0.15) is 11.6 Å². The maximum Gasteiger partial charge on any atom is 0.330 e. The Kier molecular flexibility index (Phi) is 4.28. The molecule has 9 heteroatoms. The zero-order chi connectivity index (χ0) is 21.0. The smallest absolute Gasteiger partial charge is 0.324 e. The number of nitrogens with one attached hydrogen (secondary N) is 1. The van der Waals surface area contributed by atoms with Crippen LogP contribution in [0.5, 0.6) is 0 Å². The Morgan fingerprint density at radius 3 is 2.80 bits per heavy atom. The second kappa shape index (κ2) is 6.88. The maximum atomic E-state index is 14.6. The molecule has 0 unspecified atom stereocenters. The van der Waals surface area contributed by atoms with Gasteiger partial charge in [0.05, 0.1) is 17.8 Å². The number of hydrogen-bond acceptors (Lipinski definition) is 6. The third-order valence-corrected chi connectivity index (χ3v) is 5.76. The van der Waals surface area contributed by atoms with Crippen LogP contribution >= 0.6 is 0 Å². The van der Waals surface area contributed by atoms with Crippen molar-refractivity contribution >= 4 is 33.7 Å². The lowest BCUT2D eigenvalue weighted by Crippen LogP contribution is -2.31. The van der Waals surface area contributed by atoms with Crippen LogP contribution < -0.4 is 11.0 Å². The van der Waals surface area contributed by atoms with Gasteiger partial charge in [0.1, 0.15) is 11.7 Å². The number of rotatable bonds is 3. The number of pyridine rings is 1. The van der Waals surface area contributed by atoms with Crippen molar-refractivity contribution in [3.8, 4) is 0 Å². The number of likely N-dealkylation sites (N-methyl/N-ethyl adjacent to an activating group) is 1. The van der Waals surface area contributed by atoms with E-state index in [0.717, 1.165) is 22.2 Å². The molecule has 0 radical (unpaired) electrons. The van der Waals surface area contributed by atoms with Gasteiger partial charge < -0.3 is 10.2 Å². The number of anilines is 2. The summed E-state index contributed by atoms with van der Waals surface area (Å²) < 4.78 is 17.5. The lowest BCUT2D eigenvalue weighted by Gasteiger charge is -2.14. The zero-order valence-electron chi connectivity index (χ0n) is 17.0. The minimum Gasteiger partial charge on any atom is -0.324 e. The van der Waals surface area contributed by atoms with Crippen LogP contribution in [0.3, 0.4) is 0 Å². The number of imidazole rings is 1. The molecule has 4 heterocycles. The predicted octanol–water partition coefficient (Wildman–Crippen LogP) is 2.55. The molecule has 3 aromatic heterocycles. The minimum absolute atomic E-state index is 0.285. The number of aryl methyl sites for hydroxylation is 2. The molecule has 0 aliphatic carbocycles. The fourth-order valence-electron chi connectivity index (χ4n) is 4.15. The van der Waals surface area contributed by atoms with Gasteiger partial charge in [0, 0.05) is 37.4 Å². The Hall–Kier alpha value is -3.33. The second-order valence-electron chi connectivity index (χ2n) is 7.91. The summed E-state index contributed by atoms with van der Waals surface area (Å²) in [7, 11) is 3.51. The predicted molar refractivity (Wildman–Crippen MR) is 114 cm³/mol. The minimum atomic E-state index is -1.13. The number of halogens is 1. The van der Waals surface area contributed by atoms with Crippen LogP contribution in [0, 0.1) is 6.92 Å². The number of likely N-dealkylation sites (tertiary alicyclic amines) is 1. The average Bonchev–Trinajstić information content (AvgIpc) is 3.17. The third kappa shape index (κ3) is 2.93. The molecular formula is C21H22FN7O. The number of nitrogens with zero attached hydrogens (tertiary/aromatic N) is 6. The summed E-state index contributed by atoms with van der Waals surface area (Å²) in [5.41, 5.74) is 3.48. The molecule has 1 fully saturated rings. The molecule has 30 heavy (non-hydrogen) atoms. The molecule has 1 aliphatic rings. The van der Waals surface area contributed by atoms with Crippen molar-refractivity contribution in [2.45, 2.75) is 19.1 Å². The normalized spacial score (nSPS) is 19.7. The van der Waals surface area contributed by atoms with Crippen molar-refractivity contribution in [1.82, 2.24) is 29.0 Å². The summed E-state index contributed by atoms with van der Waals surface area (Å²) in [6.45, 7) is 2.74. The van der Waals surface area contributed by atoms with Gasteiger partial charge in [-0.1, -0.05) is 6.07 Å². The molecule has 1 N–H and O–H groups in total. The van der Waals surface area contributed by atoms with E-state index in [9.17, 15) is 9.18 Å². The van der Waals surface area contributed by atoms with Gasteiger partial charge in [-0.3, -0.25) is 14.1 Å². The summed E-state index contributed by atoms with van der Waals surface area (Å²) in [6.07, 6.45) is 2.24. The molecule has 154 valence electrons. The van der Waals surface area contributed by atoms with Crippen molar-refractivity contribution in [3.63, 3.8) is 0 Å². The first-order chi connectivity index (χ1) is 14.4. The van der Waals surface area contributed by atoms with Gasteiger partial charge in [-0.05, 0) is 37.7 Å². The summed E-state index contributed by atoms with van der Waals surface area (Å²) in [4.78, 5) is 28.1. The van der Waals surface area contributed by atoms with Crippen LogP contribution in [0.25, 0.3) is 22.1 Å². The monoisotopic (exact) mass is 407 g/mol. The van der Waals surface area contributed by atoms with Gasteiger partial charge in [-0.2, -0.15) is 4.98 Å². The number of hydrogen-bond donors (Lipinski definition) is 1. The van der Waals surface area contributed by atoms with Gasteiger partial charge >= 0.3 is 5.69 Å². The highest BCUT2D eigenvalue weighted by atomic mass is 19.1. The van der Waals surface area contributed by atoms with Gasteiger partial charge in [0.25, 0.3) is 0 Å².